The maximum atomic E-state index is 12.6. The predicted octanol–water partition coefficient (Wildman–Crippen LogP) is 2.71. The summed E-state index contributed by atoms with van der Waals surface area (Å²) in [5.41, 5.74) is 3.52. The van der Waals surface area contributed by atoms with E-state index in [1.165, 1.54) is 24.3 Å². The van der Waals surface area contributed by atoms with Crippen molar-refractivity contribution in [2.45, 2.75) is 0 Å². The van der Waals surface area contributed by atoms with Crippen LogP contribution in [-0.2, 0) is 9.59 Å². The number of para-hydroxylation sites is 1. The van der Waals surface area contributed by atoms with Gasteiger partial charge in [0.15, 0.2) is 18.1 Å². The normalized spacial score (nSPS) is 14.9. The third-order valence-electron chi connectivity index (χ3n) is 3.75. The Morgan fingerprint density at radius 3 is 2.67 bits per heavy atom. The molecule has 0 spiro atoms. The molecule has 136 valence electrons. The third kappa shape index (κ3) is 3.71. The number of benzene rings is 2. The van der Waals surface area contributed by atoms with Crippen LogP contribution in [0.5, 0.6) is 11.5 Å². The summed E-state index contributed by atoms with van der Waals surface area (Å²) in [6.07, 6.45) is 1.42. The van der Waals surface area contributed by atoms with Crippen molar-refractivity contribution in [2.75, 3.05) is 18.7 Å². The highest BCUT2D eigenvalue weighted by Crippen LogP contribution is 2.37. The molecule has 1 aliphatic heterocycles. The van der Waals surface area contributed by atoms with Crippen LogP contribution in [0.4, 0.5) is 5.69 Å². The van der Waals surface area contributed by atoms with Crippen LogP contribution < -0.4 is 19.9 Å². The summed E-state index contributed by atoms with van der Waals surface area (Å²) < 4.78 is 10.5. The van der Waals surface area contributed by atoms with E-state index in [2.05, 4.69) is 5.43 Å². The molecule has 0 aliphatic carbocycles. The number of hydrazine groups is 1. The van der Waals surface area contributed by atoms with Gasteiger partial charge in [-0.05, 0) is 35.9 Å². The van der Waals surface area contributed by atoms with Crippen molar-refractivity contribution in [2.24, 2.45) is 0 Å². The molecule has 1 aliphatic rings. The van der Waals surface area contributed by atoms with E-state index in [-0.39, 0.29) is 28.7 Å². The van der Waals surface area contributed by atoms with E-state index in [1.807, 2.05) is 12.1 Å². The molecule has 2 aromatic carbocycles. The van der Waals surface area contributed by atoms with Crippen LogP contribution >= 0.6 is 11.6 Å². The number of carbonyl (C=O) groups excluding carboxylic acids is 2. The number of hydrogen-bond acceptors (Lipinski definition) is 5. The van der Waals surface area contributed by atoms with E-state index >= 15 is 0 Å². The fourth-order valence-electron chi connectivity index (χ4n) is 2.55. The van der Waals surface area contributed by atoms with E-state index in [9.17, 15) is 9.59 Å². The van der Waals surface area contributed by atoms with E-state index in [4.69, 9.17) is 26.3 Å². The number of methoxy groups -OCH3 is 1. The highest BCUT2D eigenvalue weighted by molar-refractivity contribution is 6.33. The molecule has 1 saturated heterocycles. The molecule has 1 heterocycles. The molecule has 1 N–H and O–H groups in total. The number of hydrogen-bond donors (Lipinski definition) is 1. The maximum Gasteiger partial charge on any atom is 0.282 e. The molecule has 1 fully saturated rings. The largest absolute Gasteiger partial charge is 0.493 e. The van der Waals surface area contributed by atoms with Crippen molar-refractivity contribution < 1.29 is 19.1 Å². The van der Waals surface area contributed by atoms with Gasteiger partial charge >= 0.3 is 0 Å². The molecule has 0 saturated carbocycles. The molecule has 0 unspecified atom stereocenters. The molecule has 8 heteroatoms. The number of halogens is 1. The molecular formula is C19H14ClN3O4. The zero-order valence-corrected chi connectivity index (χ0v) is 15.0. The van der Waals surface area contributed by atoms with Crippen LogP contribution in [0.25, 0.3) is 6.08 Å². The monoisotopic (exact) mass is 383 g/mol. The van der Waals surface area contributed by atoms with Crippen molar-refractivity contribution in [3.8, 4) is 17.6 Å². The minimum Gasteiger partial charge on any atom is -0.493 e. The second kappa shape index (κ2) is 7.81. The fourth-order valence-corrected chi connectivity index (χ4v) is 2.82. The van der Waals surface area contributed by atoms with Gasteiger partial charge in [0.2, 0.25) is 0 Å². The Labute approximate surface area is 160 Å². The Morgan fingerprint density at radius 1 is 1.26 bits per heavy atom. The smallest absolute Gasteiger partial charge is 0.282 e. The van der Waals surface area contributed by atoms with Gasteiger partial charge in [-0.3, -0.25) is 15.0 Å². The van der Waals surface area contributed by atoms with E-state index < -0.39 is 11.8 Å². The Balaban J connectivity index is 1.94. The van der Waals surface area contributed by atoms with Crippen molar-refractivity contribution >= 4 is 35.2 Å². The summed E-state index contributed by atoms with van der Waals surface area (Å²) in [5, 5.41) is 10.0. The number of anilines is 1. The zero-order chi connectivity index (χ0) is 19.4. The fraction of sp³-hybridized carbons (Fsp3) is 0.105. The van der Waals surface area contributed by atoms with E-state index in [1.54, 1.807) is 30.3 Å². The first-order valence-corrected chi connectivity index (χ1v) is 8.22. The summed E-state index contributed by atoms with van der Waals surface area (Å²) in [4.78, 5) is 24.9. The number of ether oxygens (including phenoxy) is 2. The van der Waals surface area contributed by atoms with Crippen LogP contribution in [0, 0.1) is 11.3 Å². The lowest BCUT2D eigenvalue weighted by molar-refractivity contribution is -0.117. The van der Waals surface area contributed by atoms with Gasteiger partial charge in [0.1, 0.15) is 11.6 Å². The number of nitriles is 1. The summed E-state index contributed by atoms with van der Waals surface area (Å²) in [7, 11) is 1.42. The predicted molar refractivity (Wildman–Crippen MR) is 99.2 cm³/mol. The quantitative estimate of drug-likeness (QED) is 0.633. The van der Waals surface area contributed by atoms with Gasteiger partial charge in [0.05, 0.1) is 17.8 Å². The minimum atomic E-state index is -0.524. The lowest BCUT2D eigenvalue weighted by atomic mass is 10.1. The Bertz CT molecular complexity index is 967. The van der Waals surface area contributed by atoms with Crippen LogP contribution in [0.15, 0.2) is 48.0 Å². The first kappa shape index (κ1) is 18.3. The molecule has 3 rings (SSSR count). The number of carbonyl (C=O) groups is 2. The highest BCUT2D eigenvalue weighted by atomic mass is 35.5. The van der Waals surface area contributed by atoms with Crippen molar-refractivity contribution in [1.82, 2.24) is 5.43 Å². The van der Waals surface area contributed by atoms with Crippen LogP contribution in [0.2, 0.25) is 5.02 Å². The molecular weight excluding hydrogens is 370 g/mol. The standard InChI is InChI=1S/C19H14ClN3O4/c1-26-16-11-12(10-15(20)17(16)27-8-7-21)9-14-18(24)22-23(19(14)25)13-5-3-2-4-6-13/h2-6,9-11H,8H2,1H3,(H,22,24). The molecule has 0 atom stereocenters. The van der Waals surface area contributed by atoms with Crippen LogP contribution in [0.1, 0.15) is 5.56 Å². The number of amides is 2. The van der Waals surface area contributed by atoms with Gasteiger partial charge in [-0.25, -0.2) is 5.01 Å². The van der Waals surface area contributed by atoms with Gasteiger partial charge in [0, 0.05) is 0 Å². The van der Waals surface area contributed by atoms with Gasteiger partial charge in [-0.1, -0.05) is 29.8 Å². The SMILES string of the molecule is COc1cc(C=C2C(=O)NN(c3ccccc3)C2=O)cc(Cl)c1OCC#N. The van der Waals surface area contributed by atoms with Crippen molar-refractivity contribution in [3.05, 3.63) is 58.6 Å². The number of rotatable bonds is 5. The maximum absolute atomic E-state index is 12.6. The zero-order valence-electron chi connectivity index (χ0n) is 14.2. The lowest BCUT2D eigenvalue weighted by Crippen LogP contribution is -2.35. The molecule has 0 aromatic heterocycles. The number of nitrogens with one attached hydrogen (secondary N) is 1. The topological polar surface area (TPSA) is 91.7 Å². The van der Waals surface area contributed by atoms with Crippen molar-refractivity contribution in [3.63, 3.8) is 0 Å². The molecule has 0 bridgehead atoms. The Kier molecular flexibility index (Phi) is 5.29. The number of nitrogens with zero attached hydrogens (tertiary/aromatic N) is 2. The second-order valence-corrected chi connectivity index (χ2v) is 5.86. The third-order valence-corrected chi connectivity index (χ3v) is 4.03. The minimum absolute atomic E-state index is 0.0392. The summed E-state index contributed by atoms with van der Waals surface area (Å²) in [6.45, 7) is -0.191. The second-order valence-electron chi connectivity index (χ2n) is 5.46. The Morgan fingerprint density at radius 2 is 2.00 bits per heavy atom. The molecule has 27 heavy (non-hydrogen) atoms. The van der Waals surface area contributed by atoms with Crippen LogP contribution in [0.3, 0.4) is 0 Å². The van der Waals surface area contributed by atoms with Crippen molar-refractivity contribution in [1.29, 1.82) is 5.26 Å². The molecule has 7 nitrogen and oxygen atoms in total. The van der Waals surface area contributed by atoms with Crippen LogP contribution in [-0.4, -0.2) is 25.5 Å². The molecule has 2 aromatic rings. The first-order chi connectivity index (χ1) is 13.0. The summed E-state index contributed by atoms with van der Waals surface area (Å²) >= 11 is 6.19. The van der Waals surface area contributed by atoms with Gasteiger partial charge in [0.25, 0.3) is 11.8 Å². The van der Waals surface area contributed by atoms with Gasteiger partial charge < -0.3 is 9.47 Å². The van der Waals surface area contributed by atoms with Gasteiger partial charge in [-0.15, -0.1) is 0 Å². The van der Waals surface area contributed by atoms with E-state index in [0.717, 1.165) is 0 Å². The molecule has 0 radical (unpaired) electrons. The highest BCUT2D eigenvalue weighted by Gasteiger charge is 2.34. The molecule has 2 amide bonds. The summed E-state index contributed by atoms with van der Waals surface area (Å²) in [5.74, 6) is -0.499. The van der Waals surface area contributed by atoms with Gasteiger partial charge in [-0.2, -0.15) is 5.26 Å². The average molecular weight is 384 g/mol. The first-order valence-electron chi connectivity index (χ1n) is 7.84. The Hall–Kier alpha value is -3.50. The van der Waals surface area contributed by atoms with E-state index in [0.29, 0.717) is 11.3 Å². The average Bonchev–Trinajstić information content (AvgIpc) is 2.95. The lowest BCUT2D eigenvalue weighted by Gasteiger charge is -2.14. The summed E-state index contributed by atoms with van der Waals surface area (Å²) in [6, 6.07) is 13.7.